The molecule has 0 fully saturated rings. The number of nitrogens with one attached hydrogen (secondary N) is 1. The van der Waals surface area contributed by atoms with E-state index in [0.29, 0.717) is 0 Å². The molecule has 2 aromatic carbocycles. The summed E-state index contributed by atoms with van der Waals surface area (Å²) in [6.07, 6.45) is 6.00. The molecular weight excluding hydrogens is 286 g/mol. The number of hydrogen-bond donors (Lipinski definition) is 1. The average Bonchev–Trinajstić information content (AvgIpc) is 3.02. The first kappa shape index (κ1) is 15.3. The summed E-state index contributed by atoms with van der Waals surface area (Å²) in [4.78, 5) is 12.1. The molecule has 23 heavy (non-hydrogen) atoms. The lowest BCUT2D eigenvalue weighted by Crippen LogP contribution is -2.20. The number of rotatable bonds is 6. The van der Waals surface area contributed by atoms with Crippen LogP contribution in [-0.2, 0) is 24.1 Å². The van der Waals surface area contributed by atoms with Crippen LogP contribution in [0.5, 0.6) is 5.75 Å². The largest absolute Gasteiger partial charge is 0.483 e. The molecule has 1 N–H and O–H groups in total. The second-order valence-corrected chi connectivity index (χ2v) is 5.77. The van der Waals surface area contributed by atoms with Gasteiger partial charge in [0.1, 0.15) is 5.75 Å². The molecule has 0 aliphatic heterocycles. The Bertz CT molecular complexity index is 721. The number of hydrogen-bond acceptors (Lipinski definition) is 2. The Balaban J connectivity index is 1.59. The average molecular weight is 307 g/mol. The predicted molar refractivity (Wildman–Crippen MR) is 92.9 cm³/mol. The van der Waals surface area contributed by atoms with Crippen LogP contribution in [0.4, 0.5) is 5.69 Å². The Morgan fingerprint density at radius 2 is 2.00 bits per heavy atom. The zero-order valence-corrected chi connectivity index (χ0v) is 13.2. The monoisotopic (exact) mass is 307 g/mol. The summed E-state index contributed by atoms with van der Waals surface area (Å²) in [5.74, 6) is 0.591. The van der Waals surface area contributed by atoms with Crippen LogP contribution < -0.4 is 10.1 Å². The maximum Gasteiger partial charge on any atom is 0.262 e. The topological polar surface area (TPSA) is 38.3 Å². The van der Waals surface area contributed by atoms with Crippen molar-refractivity contribution in [2.75, 3.05) is 11.9 Å². The van der Waals surface area contributed by atoms with Crippen molar-refractivity contribution in [2.24, 2.45) is 0 Å². The van der Waals surface area contributed by atoms with Gasteiger partial charge in [0.15, 0.2) is 6.61 Å². The fourth-order valence-electron chi connectivity index (χ4n) is 2.96. The highest BCUT2D eigenvalue weighted by Crippen LogP contribution is 2.25. The number of allylic oxidation sites excluding steroid dienone is 1. The van der Waals surface area contributed by atoms with Gasteiger partial charge in [-0.05, 0) is 60.6 Å². The van der Waals surface area contributed by atoms with Gasteiger partial charge in [-0.15, -0.1) is 6.58 Å². The molecule has 2 aromatic rings. The van der Waals surface area contributed by atoms with E-state index in [1.807, 2.05) is 36.4 Å². The maximum atomic E-state index is 12.1. The number of carbonyl (C=O) groups excluding carboxylic acids is 1. The van der Waals surface area contributed by atoms with Gasteiger partial charge in [0.2, 0.25) is 0 Å². The Kier molecular flexibility index (Phi) is 4.77. The lowest BCUT2D eigenvalue weighted by atomic mass is 10.1. The van der Waals surface area contributed by atoms with E-state index in [1.165, 1.54) is 17.5 Å². The zero-order valence-electron chi connectivity index (χ0n) is 13.2. The zero-order chi connectivity index (χ0) is 16.1. The van der Waals surface area contributed by atoms with Crippen molar-refractivity contribution in [1.82, 2.24) is 0 Å². The molecule has 0 aromatic heterocycles. The smallest absolute Gasteiger partial charge is 0.262 e. The molecular formula is C20H21NO2. The van der Waals surface area contributed by atoms with Gasteiger partial charge in [0.25, 0.3) is 5.91 Å². The minimum Gasteiger partial charge on any atom is -0.483 e. The molecule has 0 spiro atoms. The fourth-order valence-corrected chi connectivity index (χ4v) is 2.96. The number of ether oxygens (including phenoxy) is 1. The second-order valence-electron chi connectivity index (χ2n) is 5.77. The van der Waals surface area contributed by atoms with Gasteiger partial charge >= 0.3 is 0 Å². The van der Waals surface area contributed by atoms with Crippen LogP contribution in [-0.4, -0.2) is 12.5 Å². The highest BCUT2D eigenvalue weighted by molar-refractivity contribution is 5.92. The van der Waals surface area contributed by atoms with Crippen molar-refractivity contribution in [2.45, 2.75) is 25.7 Å². The summed E-state index contributed by atoms with van der Waals surface area (Å²) >= 11 is 0. The second kappa shape index (κ2) is 7.14. The van der Waals surface area contributed by atoms with Crippen LogP contribution in [0.15, 0.2) is 55.1 Å². The van der Waals surface area contributed by atoms with Gasteiger partial charge in [0.05, 0.1) is 0 Å². The minimum absolute atomic E-state index is 0.00520. The van der Waals surface area contributed by atoms with Crippen molar-refractivity contribution in [3.8, 4) is 5.75 Å². The predicted octanol–water partition coefficient (Wildman–Crippen LogP) is 3.92. The SMILES string of the molecule is C=CCc1ccccc1OCC(=O)Nc1ccc2c(c1)CCC2. The Morgan fingerprint density at radius 3 is 2.87 bits per heavy atom. The summed E-state index contributed by atoms with van der Waals surface area (Å²) in [6, 6.07) is 13.9. The van der Waals surface area contributed by atoms with E-state index in [1.54, 1.807) is 0 Å². The van der Waals surface area contributed by atoms with Crippen molar-refractivity contribution < 1.29 is 9.53 Å². The summed E-state index contributed by atoms with van der Waals surface area (Å²) in [6.45, 7) is 3.75. The highest BCUT2D eigenvalue weighted by Gasteiger charge is 2.12. The van der Waals surface area contributed by atoms with Crippen LogP contribution >= 0.6 is 0 Å². The van der Waals surface area contributed by atoms with Gasteiger partial charge in [-0.25, -0.2) is 0 Å². The third-order valence-corrected chi connectivity index (χ3v) is 4.08. The molecule has 1 aliphatic rings. The summed E-state index contributed by atoms with van der Waals surface area (Å²) < 4.78 is 5.66. The normalized spacial score (nSPS) is 12.5. The number of carbonyl (C=O) groups is 1. The molecule has 1 aliphatic carbocycles. The van der Waals surface area contributed by atoms with E-state index < -0.39 is 0 Å². The van der Waals surface area contributed by atoms with E-state index in [2.05, 4.69) is 24.0 Å². The first-order valence-electron chi connectivity index (χ1n) is 7.99. The van der Waals surface area contributed by atoms with Crippen molar-refractivity contribution in [1.29, 1.82) is 0 Å². The quantitative estimate of drug-likeness (QED) is 0.821. The maximum absolute atomic E-state index is 12.1. The van der Waals surface area contributed by atoms with Gasteiger partial charge < -0.3 is 10.1 Å². The van der Waals surface area contributed by atoms with E-state index in [-0.39, 0.29) is 12.5 Å². The van der Waals surface area contributed by atoms with E-state index >= 15 is 0 Å². The van der Waals surface area contributed by atoms with Crippen LogP contribution in [0.25, 0.3) is 0 Å². The molecule has 0 saturated heterocycles. The molecule has 118 valence electrons. The molecule has 1 amide bonds. The number of aryl methyl sites for hydroxylation is 2. The molecule has 0 heterocycles. The lowest BCUT2D eigenvalue weighted by molar-refractivity contribution is -0.118. The third-order valence-electron chi connectivity index (χ3n) is 4.08. The lowest BCUT2D eigenvalue weighted by Gasteiger charge is -2.11. The summed E-state index contributed by atoms with van der Waals surface area (Å²) in [7, 11) is 0. The number of amides is 1. The molecule has 3 heteroatoms. The highest BCUT2D eigenvalue weighted by atomic mass is 16.5. The van der Waals surface area contributed by atoms with Crippen molar-refractivity contribution >= 4 is 11.6 Å². The van der Waals surface area contributed by atoms with Crippen LogP contribution in [0.3, 0.4) is 0 Å². The molecule has 3 rings (SSSR count). The number of benzene rings is 2. The van der Waals surface area contributed by atoms with Crippen LogP contribution in [0.1, 0.15) is 23.1 Å². The first-order valence-corrected chi connectivity index (χ1v) is 7.99. The van der Waals surface area contributed by atoms with Gasteiger partial charge in [0, 0.05) is 5.69 Å². The number of fused-ring (bicyclic) bond motifs is 1. The van der Waals surface area contributed by atoms with E-state index in [4.69, 9.17) is 4.74 Å². The molecule has 0 bridgehead atoms. The molecule has 0 saturated carbocycles. The Morgan fingerprint density at radius 1 is 1.17 bits per heavy atom. The van der Waals surface area contributed by atoms with Crippen molar-refractivity contribution in [3.63, 3.8) is 0 Å². The van der Waals surface area contributed by atoms with E-state index in [0.717, 1.165) is 36.3 Å². The van der Waals surface area contributed by atoms with Gasteiger partial charge in [-0.1, -0.05) is 30.3 Å². The number of para-hydroxylation sites is 1. The third kappa shape index (κ3) is 3.81. The minimum atomic E-state index is -0.142. The van der Waals surface area contributed by atoms with Crippen LogP contribution in [0.2, 0.25) is 0 Å². The van der Waals surface area contributed by atoms with E-state index in [9.17, 15) is 4.79 Å². The molecule has 3 nitrogen and oxygen atoms in total. The summed E-state index contributed by atoms with van der Waals surface area (Å²) in [5, 5.41) is 2.91. The fraction of sp³-hybridized carbons (Fsp3) is 0.250. The standard InChI is InChI=1S/C20H21NO2/c1-2-6-16-7-3-4-10-19(16)23-14-20(22)21-18-12-11-15-8-5-9-17(15)13-18/h2-4,7,10-13H,1,5-6,8-9,14H2,(H,21,22). The number of anilines is 1. The van der Waals surface area contributed by atoms with Gasteiger partial charge in [-0.3, -0.25) is 4.79 Å². The van der Waals surface area contributed by atoms with Crippen molar-refractivity contribution in [3.05, 3.63) is 71.8 Å². The van der Waals surface area contributed by atoms with Gasteiger partial charge in [-0.2, -0.15) is 0 Å². The Hall–Kier alpha value is -2.55. The Labute approximate surface area is 137 Å². The molecule has 0 radical (unpaired) electrons. The first-order chi connectivity index (χ1) is 11.3. The summed E-state index contributed by atoms with van der Waals surface area (Å²) in [5.41, 5.74) is 4.63. The van der Waals surface area contributed by atoms with Crippen LogP contribution in [0, 0.1) is 0 Å². The molecule has 0 unspecified atom stereocenters. The molecule has 0 atom stereocenters.